The summed E-state index contributed by atoms with van der Waals surface area (Å²) in [6.45, 7) is 0. The Balaban J connectivity index is 1.50. The van der Waals surface area contributed by atoms with Crippen LogP contribution in [-0.4, -0.2) is 32.0 Å². The van der Waals surface area contributed by atoms with Crippen LogP contribution in [0.15, 0.2) is 58.2 Å². The van der Waals surface area contributed by atoms with E-state index in [2.05, 4.69) is 20.3 Å². The summed E-state index contributed by atoms with van der Waals surface area (Å²) in [7, 11) is 3.55. The second-order valence-corrected chi connectivity index (χ2v) is 7.26. The highest BCUT2D eigenvalue weighted by Gasteiger charge is 2.16. The molecular formula is C19H16ClN5O2S. The van der Waals surface area contributed by atoms with Crippen molar-refractivity contribution in [3.05, 3.63) is 59.4 Å². The summed E-state index contributed by atoms with van der Waals surface area (Å²) >= 11 is 7.48. The van der Waals surface area contributed by atoms with Crippen molar-refractivity contribution in [3.8, 4) is 28.5 Å². The molecule has 0 amide bonds. The second-order valence-electron chi connectivity index (χ2n) is 5.88. The summed E-state index contributed by atoms with van der Waals surface area (Å²) in [5.74, 6) is 2.96. The summed E-state index contributed by atoms with van der Waals surface area (Å²) in [5, 5.41) is 14.0. The van der Waals surface area contributed by atoms with E-state index in [0.717, 1.165) is 27.9 Å². The maximum atomic E-state index is 6.02. The van der Waals surface area contributed by atoms with Gasteiger partial charge in [0.25, 0.3) is 0 Å². The van der Waals surface area contributed by atoms with Crippen LogP contribution >= 0.6 is 23.4 Å². The third-order valence-corrected chi connectivity index (χ3v) is 5.30. The molecular weight excluding hydrogens is 398 g/mol. The van der Waals surface area contributed by atoms with Crippen LogP contribution in [0.25, 0.3) is 22.8 Å². The molecule has 2 heterocycles. The molecule has 7 nitrogen and oxygen atoms in total. The fourth-order valence-corrected chi connectivity index (χ4v) is 3.63. The fraction of sp³-hybridized carbons (Fsp3) is 0.158. The first kappa shape index (κ1) is 18.5. The third-order valence-electron chi connectivity index (χ3n) is 4.06. The minimum atomic E-state index is 0.478. The van der Waals surface area contributed by atoms with Gasteiger partial charge in [-0.3, -0.25) is 0 Å². The van der Waals surface area contributed by atoms with E-state index in [1.165, 1.54) is 11.8 Å². The van der Waals surface area contributed by atoms with E-state index in [1.54, 1.807) is 19.2 Å². The van der Waals surface area contributed by atoms with Gasteiger partial charge in [0.2, 0.25) is 11.7 Å². The lowest BCUT2D eigenvalue weighted by atomic mass is 10.2. The van der Waals surface area contributed by atoms with E-state index in [4.69, 9.17) is 20.9 Å². The Morgan fingerprint density at radius 2 is 2.00 bits per heavy atom. The van der Waals surface area contributed by atoms with E-state index in [1.807, 2.05) is 48.0 Å². The van der Waals surface area contributed by atoms with Gasteiger partial charge < -0.3 is 13.8 Å². The molecule has 9 heteroatoms. The van der Waals surface area contributed by atoms with Crippen molar-refractivity contribution < 1.29 is 9.26 Å². The summed E-state index contributed by atoms with van der Waals surface area (Å²) < 4.78 is 12.7. The molecule has 2 aromatic carbocycles. The second kappa shape index (κ2) is 8.04. The first-order valence-corrected chi connectivity index (χ1v) is 9.76. The lowest BCUT2D eigenvalue weighted by Crippen LogP contribution is -1.97. The van der Waals surface area contributed by atoms with E-state index in [-0.39, 0.29) is 0 Å². The van der Waals surface area contributed by atoms with E-state index in [9.17, 15) is 0 Å². The van der Waals surface area contributed by atoms with Gasteiger partial charge in [0.15, 0.2) is 11.0 Å². The molecule has 28 heavy (non-hydrogen) atoms. The van der Waals surface area contributed by atoms with Crippen molar-refractivity contribution in [1.29, 1.82) is 0 Å². The van der Waals surface area contributed by atoms with Crippen LogP contribution < -0.4 is 4.74 Å². The molecule has 0 aliphatic rings. The normalized spacial score (nSPS) is 11.0. The monoisotopic (exact) mass is 413 g/mol. The molecule has 0 unspecified atom stereocenters. The highest BCUT2D eigenvalue weighted by Crippen LogP contribution is 2.31. The Bertz CT molecular complexity index is 1110. The summed E-state index contributed by atoms with van der Waals surface area (Å²) in [6.07, 6.45) is 0. The van der Waals surface area contributed by atoms with Gasteiger partial charge >= 0.3 is 0 Å². The van der Waals surface area contributed by atoms with E-state index >= 15 is 0 Å². The molecule has 0 N–H and O–H groups in total. The van der Waals surface area contributed by atoms with Gasteiger partial charge in [-0.05, 0) is 24.3 Å². The number of thioether (sulfide) groups is 1. The SMILES string of the molecule is COc1ccccc1-c1nnc(SCc2nc(-c3cccc(Cl)c3)no2)n1C. The number of benzene rings is 2. The molecule has 0 saturated carbocycles. The van der Waals surface area contributed by atoms with E-state index in [0.29, 0.717) is 22.5 Å². The zero-order valence-corrected chi connectivity index (χ0v) is 16.7. The number of ether oxygens (including phenoxy) is 1. The number of hydrogen-bond donors (Lipinski definition) is 0. The Hall–Kier alpha value is -2.84. The smallest absolute Gasteiger partial charge is 0.237 e. The minimum Gasteiger partial charge on any atom is -0.496 e. The van der Waals surface area contributed by atoms with Crippen molar-refractivity contribution in [2.45, 2.75) is 10.9 Å². The van der Waals surface area contributed by atoms with Gasteiger partial charge in [-0.15, -0.1) is 10.2 Å². The first-order chi connectivity index (χ1) is 13.7. The number of aromatic nitrogens is 5. The molecule has 0 fully saturated rings. The van der Waals surface area contributed by atoms with Crippen molar-refractivity contribution in [2.24, 2.45) is 7.05 Å². The predicted molar refractivity (Wildman–Crippen MR) is 107 cm³/mol. The van der Waals surface area contributed by atoms with Crippen molar-refractivity contribution in [2.75, 3.05) is 7.11 Å². The largest absolute Gasteiger partial charge is 0.496 e. The average Bonchev–Trinajstić information content (AvgIpc) is 3.33. The predicted octanol–water partition coefficient (Wildman–Crippen LogP) is 4.49. The van der Waals surface area contributed by atoms with Gasteiger partial charge in [-0.25, -0.2) is 0 Å². The molecule has 4 aromatic rings. The highest BCUT2D eigenvalue weighted by atomic mass is 35.5. The van der Waals surface area contributed by atoms with Gasteiger partial charge in [0.05, 0.1) is 18.4 Å². The third kappa shape index (κ3) is 3.74. The Morgan fingerprint density at radius 1 is 1.14 bits per heavy atom. The number of hydrogen-bond acceptors (Lipinski definition) is 7. The Labute approximate surface area is 170 Å². The number of halogens is 1. The van der Waals surface area contributed by atoms with Crippen molar-refractivity contribution >= 4 is 23.4 Å². The van der Waals surface area contributed by atoms with Crippen LogP contribution in [0.2, 0.25) is 5.02 Å². The van der Waals surface area contributed by atoms with Crippen LogP contribution in [0.1, 0.15) is 5.89 Å². The lowest BCUT2D eigenvalue weighted by Gasteiger charge is -2.07. The molecule has 0 saturated heterocycles. The van der Waals surface area contributed by atoms with Crippen molar-refractivity contribution in [3.63, 3.8) is 0 Å². The maximum absolute atomic E-state index is 6.02. The van der Waals surface area contributed by atoms with Gasteiger partial charge in [0.1, 0.15) is 5.75 Å². The van der Waals surface area contributed by atoms with Gasteiger partial charge in [0, 0.05) is 17.6 Å². The van der Waals surface area contributed by atoms with Crippen LogP contribution in [0, 0.1) is 0 Å². The maximum Gasteiger partial charge on any atom is 0.237 e. The van der Waals surface area contributed by atoms with Crippen LogP contribution in [0.5, 0.6) is 5.75 Å². The molecule has 4 rings (SSSR count). The first-order valence-electron chi connectivity index (χ1n) is 8.40. The topological polar surface area (TPSA) is 78.9 Å². The average molecular weight is 414 g/mol. The fourth-order valence-electron chi connectivity index (χ4n) is 2.69. The summed E-state index contributed by atoms with van der Waals surface area (Å²) in [5.41, 5.74) is 1.69. The van der Waals surface area contributed by atoms with Gasteiger partial charge in [-0.1, -0.05) is 52.8 Å². The molecule has 2 aromatic heterocycles. The Morgan fingerprint density at radius 3 is 2.82 bits per heavy atom. The number of para-hydroxylation sites is 1. The molecule has 0 aliphatic heterocycles. The van der Waals surface area contributed by atoms with E-state index < -0.39 is 0 Å². The number of rotatable bonds is 6. The lowest BCUT2D eigenvalue weighted by molar-refractivity contribution is 0.391. The van der Waals surface area contributed by atoms with Crippen molar-refractivity contribution in [1.82, 2.24) is 24.9 Å². The molecule has 142 valence electrons. The number of methoxy groups -OCH3 is 1. The quantitative estimate of drug-likeness (QED) is 0.431. The van der Waals surface area contributed by atoms with Crippen LogP contribution in [-0.2, 0) is 12.8 Å². The minimum absolute atomic E-state index is 0.478. The van der Waals surface area contributed by atoms with Gasteiger partial charge in [-0.2, -0.15) is 4.98 Å². The van der Waals surface area contributed by atoms with Crippen LogP contribution in [0.3, 0.4) is 0 Å². The zero-order chi connectivity index (χ0) is 19.5. The summed E-state index contributed by atoms with van der Waals surface area (Å²) in [4.78, 5) is 4.42. The molecule has 0 aliphatic carbocycles. The van der Waals surface area contributed by atoms with Crippen LogP contribution in [0.4, 0.5) is 0 Å². The molecule has 0 radical (unpaired) electrons. The Kier molecular flexibility index (Phi) is 5.31. The molecule has 0 atom stereocenters. The zero-order valence-electron chi connectivity index (χ0n) is 15.2. The molecule has 0 bridgehead atoms. The molecule has 0 spiro atoms. The summed E-state index contributed by atoms with van der Waals surface area (Å²) in [6, 6.07) is 15.0. The highest BCUT2D eigenvalue weighted by molar-refractivity contribution is 7.98. The standard InChI is InChI=1S/C19H16ClN5O2S/c1-25-18(14-8-3-4-9-15(14)26-2)22-23-19(25)28-11-16-21-17(24-27-16)12-6-5-7-13(20)10-12/h3-10H,11H2,1-2H3. The number of nitrogens with zero attached hydrogens (tertiary/aromatic N) is 5.